The lowest BCUT2D eigenvalue weighted by Crippen LogP contribution is -2.48. The van der Waals surface area contributed by atoms with Gasteiger partial charge in [0.15, 0.2) is 0 Å². The van der Waals surface area contributed by atoms with Gasteiger partial charge in [-0.3, -0.25) is 9.59 Å². The van der Waals surface area contributed by atoms with E-state index in [9.17, 15) is 9.59 Å². The van der Waals surface area contributed by atoms with Gasteiger partial charge in [-0.2, -0.15) is 0 Å². The smallest absolute Gasteiger partial charge is 0.243 e. The van der Waals surface area contributed by atoms with Gasteiger partial charge in [-0.25, -0.2) is 0 Å². The van der Waals surface area contributed by atoms with Gasteiger partial charge in [0, 0.05) is 30.4 Å². The number of aryl methyl sites for hydroxylation is 1. The second-order valence-electron chi connectivity index (χ2n) is 6.90. The van der Waals surface area contributed by atoms with Crippen LogP contribution in [0.4, 0.5) is 0 Å². The van der Waals surface area contributed by atoms with Crippen LogP contribution >= 0.6 is 0 Å². The summed E-state index contributed by atoms with van der Waals surface area (Å²) in [6.07, 6.45) is 2.33. The first-order chi connectivity index (χ1) is 13.0. The number of carbonyl (C=O) groups excluding carboxylic acids is 2. The molecule has 27 heavy (non-hydrogen) atoms. The Morgan fingerprint density at radius 1 is 1.04 bits per heavy atom. The molecule has 0 saturated carbocycles. The van der Waals surface area contributed by atoms with Crippen LogP contribution in [-0.4, -0.2) is 22.8 Å². The number of benzene rings is 2. The first kappa shape index (κ1) is 18.7. The Labute approximate surface area is 159 Å². The van der Waals surface area contributed by atoms with Crippen molar-refractivity contribution in [3.05, 3.63) is 71.4 Å². The first-order valence-corrected chi connectivity index (χ1v) is 9.13. The normalized spacial score (nSPS) is 13.1. The van der Waals surface area contributed by atoms with Gasteiger partial charge in [-0.1, -0.05) is 42.5 Å². The summed E-state index contributed by atoms with van der Waals surface area (Å²) in [7, 11) is 0. The summed E-state index contributed by atoms with van der Waals surface area (Å²) >= 11 is 0. The number of hydrogen-bond acceptors (Lipinski definition) is 2. The number of H-pyrrole nitrogens is 1. The van der Waals surface area contributed by atoms with Crippen molar-refractivity contribution in [1.29, 1.82) is 0 Å². The third-order valence-corrected chi connectivity index (χ3v) is 4.81. The molecule has 0 aliphatic heterocycles. The van der Waals surface area contributed by atoms with Gasteiger partial charge in [-0.15, -0.1) is 0 Å². The molecule has 0 radical (unpaired) electrons. The summed E-state index contributed by atoms with van der Waals surface area (Å²) in [5.74, 6) is -0.412. The van der Waals surface area contributed by atoms with Crippen LogP contribution in [0.25, 0.3) is 10.9 Å². The average Bonchev–Trinajstić information content (AvgIpc) is 3.04. The largest absolute Gasteiger partial charge is 0.361 e. The van der Waals surface area contributed by atoms with Crippen molar-refractivity contribution >= 4 is 22.7 Å². The second-order valence-corrected chi connectivity index (χ2v) is 6.90. The summed E-state index contributed by atoms with van der Waals surface area (Å²) in [6, 6.07) is 15.1. The average molecular weight is 363 g/mol. The summed E-state index contributed by atoms with van der Waals surface area (Å²) in [4.78, 5) is 27.8. The maximum atomic E-state index is 12.9. The maximum absolute atomic E-state index is 12.9. The Bertz CT molecular complexity index is 961. The zero-order valence-electron chi connectivity index (χ0n) is 15.9. The minimum Gasteiger partial charge on any atom is -0.361 e. The van der Waals surface area contributed by atoms with E-state index in [1.54, 1.807) is 0 Å². The molecule has 0 aliphatic rings. The predicted molar refractivity (Wildman–Crippen MR) is 107 cm³/mol. The lowest BCUT2D eigenvalue weighted by molar-refractivity contribution is -0.128. The van der Waals surface area contributed by atoms with Crippen LogP contribution in [0.5, 0.6) is 0 Å². The van der Waals surface area contributed by atoms with E-state index in [1.807, 2.05) is 68.6 Å². The fourth-order valence-electron chi connectivity index (χ4n) is 3.44. The molecule has 2 amide bonds. The molecule has 1 aromatic heterocycles. The molecule has 140 valence electrons. The van der Waals surface area contributed by atoms with E-state index >= 15 is 0 Å². The van der Waals surface area contributed by atoms with Crippen LogP contribution in [0.1, 0.15) is 36.6 Å². The minimum absolute atomic E-state index is 0.141. The fraction of sp³-hybridized carbons (Fsp3) is 0.273. The van der Waals surface area contributed by atoms with Gasteiger partial charge in [0.2, 0.25) is 11.8 Å². The maximum Gasteiger partial charge on any atom is 0.243 e. The SMILES string of the molecule is CC(=O)NC(Cc1c[nH]c2ccccc12)C(=O)NC(C)c1ccccc1C. The topological polar surface area (TPSA) is 74.0 Å². The number of aromatic nitrogens is 1. The zero-order valence-corrected chi connectivity index (χ0v) is 15.9. The number of rotatable bonds is 6. The molecule has 0 saturated heterocycles. The summed E-state index contributed by atoms with van der Waals surface area (Å²) in [5.41, 5.74) is 4.21. The van der Waals surface area contributed by atoms with Crippen molar-refractivity contribution in [2.45, 2.75) is 39.3 Å². The van der Waals surface area contributed by atoms with Gasteiger partial charge in [-0.05, 0) is 36.6 Å². The first-order valence-electron chi connectivity index (χ1n) is 9.13. The van der Waals surface area contributed by atoms with Crippen molar-refractivity contribution < 1.29 is 9.59 Å². The second kappa shape index (κ2) is 8.08. The molecule has 2 aromatic carbocycles. The van der Waals surface area contributed by atoms with Crippen molar-refractivity contribution in [2.24, 2.45) is 0 Å². The summed E-state index contributed by atoms with van der Waals surface area (Å²) in [5, 5.41) is 6.89. The molecule has 5 nitrogen and oxygen atoms in total. The fourth-order valence-corrected chi connectivity index (χ4v) is 3.44. The molecule has 0 fully saturated rings. The van der Waals surface area contributed by atoms with Gasteiger partial charge >= 0.3 is 0 Å². The van der Waals surface area contributed by atoms with E-state index in [1.165, 1.54) is 6.92 Å². The molecule has 1 heterocycles. The van der Waals surface area contributed by atoms with Crippen LogP contribution in [0.15, 0.2) is 54.7 Å². The van der Waals surface area contributed by atoms with E-state index in [2.05, 4.69) is 15.6 Å². The monoisotopic (exact) mass is 363 g/mol. The van der Waals surface area contributed by atoms with Gasteiger partial charge in [0.05, 0.1) is 6.04 Å². The van der Waals surface area contributed by atoms with Crippen molar-refractivity contribution in [3.63, 3.8) is 0 Å². The molecule has 2 unspecified atom stereocenters. The van der Waals surface area contributed by atoms with Crippen LogP contribution < -0.4 is 10.6 Å². The molecule has 3 N–H and O–H groups in total. The number of amides is 2. The molecule has 0 bridgehead atoms. The summed E-state index contributed by atoms with van der Waals surface area (Å²) in [6.45, 7) is 5.41. The van der Waals surface area contributed by atoms with Crippen LogP contribution in [-0.2, 0) is 16.0 Å². The number of para-hydroxylation sites is 1. The Morgan fingerprint density at radius 2 is 1.74 bits per heavy atom. The van der Waals surface area contributed by atoms with Crippen LogP contribution in [0.2, 0.25) is 0 Å². The van der Waals surface area contributed by atoms with E-state index in [0.29, 0.717) is 6.42 Å². The molecule has 0 aliphatic carbocycles. The highest BCUT2D eigenvalue weighted by molar-refractivity contribution is 5.89. The highest BCUT2D eigenvalue weighted by Gasteiger charge is 2.23. The molecule has 2 atom stereocenters. The lowest BCUT2D eigenvalue weighted by Gasteiger charge is -2.22. The molecule has 5 heteroatoms. The molecular weight excluding hydrogens is 338 g/mol. The number of carbonyl (C=O) groups is 2. The lowest BCUT2D eigenvalue weighted by atomic mass is 10.0. The Balaban J connectivity index is 1.78. The number of fused-ring (bicyclic) bond motifs is 1. The number of aromatic amines is 1. The number of nitrogens with one attached hydrogen (secondary N) is 3. The van der Waals surface area contributed by atoms with Crippen LogP contribution in [0.3, 0.4) is 0 Å². The number of hydrogen-bond donors (Lipinski definition) is 3. The van der Waals surface area contributed by atoms with E-state index < -0.39 is 6.04 Å². The van der Waals surface area contributed by atoms with Gasteiger partial charge < -0.3 is 15.6 Å². The Morgan fingerprint density at radius 3 is 2.48 bits per heavy atom. The van der Waals surface area contributed by atoms with Crippen molar-refractivity contribution in [1.82, 2.24) is 15.6 Å². The van der Waals surface area contributed by atoms with E-state index in [-0.39, 0.29) is 17.9 Å². The van der Waals surface area contributed by atoms with E-state index in [4.69, 9.17) is 0 Å². The molecule has 3 rings (SSSR count). The quantitative estimate of drug-likeness (QED) is 0.628. The van der Waals surface area contributed by atoms with Crippen molar-refractivity contribution in [2.75, 3.05) is 0 Å². The van der Waals surface area contributed by atoms with Gasteiger partial charge in [0.1, 0.15) is 6.04 Å². The predicted octanol–water partition coefficient (Wildman–Crippen LogP) is 3.40. The molecule has 3 aromatic rings. The minimum atomic E-state index is -0.631. The zero-order chi connectivity index (χ0) is 19.4. The Kier molecular flexibility index (Phi) is 5.60. The van der Waals surface area contributed by atoms with Crippen molar-refractivity contribution in [3.8, 4) is 0 Å². The third-order valence-electron chi connectivity index (χ3n) is 4.81. The van der Waals surface area contributed by atoms with Crippen LogP contribution in [0, 0.1) is 6.92 Å². The molecular formula is C22H25N3O2. The standard InChI is InChI=1S/C22H25N3O2/c1-14-8-4-5-9-18(14)15(2)24-22(27)21(25-16(3)26)12-17-13-23-20-11-7-6-10-19(17)20/h4-11,13,15,21,23H,12H2,1-3H3,(H,24,27)(H,25,26). The highest BCUT2D eigenvalue weighted by Crippen LogP contribution is 2.20. The van der Waals surface area contributed by atoms with E-state index in [0.717, 1.165) is 27.6 Å². The molecule has 0 spiro atoms. The third kappa shape index (κ3) is 4.37. The highest BCUT2D eigenvalue weighted by atomic mass is 16.2. The summed E-state index contributed by atoms with van der Waals surface area (Å²) < 4.78 is 0. The van der Waals surface area contributed by atoms with Gasteiger partial charge in [0.25, 0.3) is 0 Å². The Hall–Kier alpha value is -3.08.